The number of likely N-dealkylation sites (tertiary alicyclic amines) is 1. The number of fused-ring (bicyclic) bond motifs is 2. The summed E-state index contributed by atoms with van der Waals surface area (Å²) in [6.45, 7) is 2.37. The summed E-state index contributed by atoms with van der Waals surface area (Å²) in [5, 5.41) is 7.54. The van der Waals surface area contributed by atoms with Crippen LogP contribution < -0.4 is 0 Å². The summed E-state index contributed by atoms with van der Waals surface area (Å²) < 4.78 is 21.0. The average Bonchev–Trinajstić information content (AvgIpc) is 3.45. The summed E-state index contributed by atoms with van der Waals surface area (Å²) in [7, 11) is 1.96. The fourth-order valence-corrected chi connectivity index (χ4v) is 4.57. The van der Waals surface area contributed by atoms with Gasteiger partial charge in [-0.3, -0.25) is 9.69 Å². The van der Waals surface area contributed by atoms with Crippen LogP contribution in [0.4, 0.5) is 4.39 Å². The van der Waals surface area contributed by atoms with Crippen LogP contribution in [0, 0.1) is 5.82 Å². The molecule has 1 saturated heterocycles. The van der Waals surface area contributed by atoms with Crippen molar-refractivity contribution < 1.29 is 13.8 Å². The molecule has 1 fully saturated rings. The molecular formula is C19H20FN7O2. The van der Waals surface area contributed by atoms with Crippen molar-refractivity contribution in [3.8, 4) is 0 Å². The zero-order chi connectivity index (χ0) is 20.0. The van der Waals surface area contributed by atoms with E-state index in [0.29, 0.717) is 32.5 Å². The van der Waals surface area contributed by atoms with E-state index in [-0.39, 0.29) is 5.69 Å². The first-order valence-corrected chi connectivity index (χ1v) is 9.50. The van der Waals surface area contributed by atoms with Crippen LogP contribution in [-0.4, -0.2) is 60.2 Å². The number of nitrogens with zero attached hydrogens (tertiary/aromatic N) is 7. The lowest BCUT2D eigenvalue weighted by Crippen LogP contribution is -2.55. The van der Waals surface area contributed by atoms with Gasteiger partial charge >= 0.3 is 0 Å². The van der Waals surface area contributed by atoms with E-state index in [1.807, 2.05) is 11.6 Å². The van der Waals surface area contributed by atoms with Gasteiger partial charge in [0.25, 0.3) is 5.91 Å². The second-order valence-electron chi connectivity index (χ2n) is 7.58. The van der Waals surface area contributed by atoms with Gasteiger partial charge in [-0.05, 0) is 18.6 Å². The molecule has 0 bridgehead atoms. The van der Waals surface area contributed by atoms with Gasteiger partial charge in [-0.25, -0.2) is 19.0 Å². The van der Waals surface area contributed by atoms with Crippen LogP contribution in [0.3, 0.4) is 0 Å². The van der Waals surface area contributed by atoms with E-state index in [4.69, 9.17) is 4.63 Å². The van der Waals surface area contributed by atoms with Crippen molar-refractivity contribution in [1.29, 1.82) is 0 Å². The molecule has 0 aliphatic carbocycles. The van der Waals surface area contributed by atoms with Gasteiger partial charge in [0.2, 0.25) is 0 Å². The number of imidazole rings is 1. The number of hydrogen-bond donors (Lipinski definition) is 0. The van der Waals surface area contributed by atoms with Gasteiger partial charge in [0, 0.05) is 51.5 Å². The Kier molecular flexibility index (Phi) is 4.16. The van der Waals surface area contributed by atoms with Crippen molar-refractivity contribution in [2.24, 2.45) is 7.05 Å². The molecule has 29 heavy (non-hydrogen) atoms. The molecule has 3 aromatic heterocycles. The van der Waals surface area contributed by atoms with Crippen molar-refractivity contribution >= 4 is 5.91 Å². The summed E-state index contributed by atoms with van der Waals surface area (Å²) in [6.07, 6.45) is 6.18. The molecular weight excluding hydrogens is 377 g/mol. The summed E-state index contributed by atoms with van der Waals surface area (Å²) in [5.41, 5.74) is 1.95. The molecule has 150 valence electrons. The van der Waals surface area contributed by atoms with E-state index >= 15 is 0 Å². The zero-order valence-corrected chi connectivity index (χ0v) is 16.0. The molecule has 0 radical (unpaired) electrons. The van der Waals surface area contributed by atoms with Crippen molar-refractivity contribution in [1.82, 2.24) is 34.6 Å². The predicted octanol–water partition coefficient (Wildman–Crippen LogP) is 1.14. The standard InChI is InChI=1S/C19H20FN7O2/c1-25-12-22-17-15(25)4-7-27(18(28)16-14(20)3-2-6-21-16)19(17)5-8-26(11-19)10-13-9-23-29-24-13/h2-3,6,9,12H,4-5,7-8,10-11H2,1H3. The highest BCUT2D eigenvalue weighted by Crippen LogP contribution is 2.43. The Morgan fingerprint density at radius 1 is 1.34 bits per heavy atom. The minimum atomic E-state index is -0.632. The molecule has 5 heterocycles. The summed E-state index contributed by atoms with van der Waals surface area (Å²) in [5.74, 6) is -1.01. The van der Waals surface area contributed by atoms with E-state index in [0.717, 1.165) is 23.6 Å². The quantitative estimate of drug-likeness (QED) is 0.654. The molecule has 5 rings (SSSR count). The number of carbonyl (C=O) groups excluding carboxylic acids is 1. The van der Waals surface area contributed by atoms with Crippen molar-refractivity contribution in [3.05, 3.63) is 59.4 Å². The molecule has 1 spiro atoms. The lowest BCUT2D eigenvalue weighted by Gasteiger charge is -2.44. The Balaban J connectivity index is 1.53. The molecule has 0 N–H and O–H groups in total. The number of amides is 1. The fourth-order valence-electron chi connectivity index (χ4n) is 4.57. The highest BCUT2D eigenvalue weighted by Gasteiger charge is 2.52. The normalized spacial score (nSPS) is 21.7. The summed E-state index contributed by atoms with van der Waals surface area (Å²) >= 11 is 0. The topological polar surface area (TPSA) is 93.2 Å². The molecule has 10 heteroatoms. The van der Waals surface area contributed by atoms with Crippen molar-refractivity contribution in [2.45, 2.75) is 24.9 Å². The predicted molar refractivity (Wildman–Crippen MR) is 98.0 cm³/mol. The molecule has 2 aliphatic rings. The number of hydrogen-bond acceptors (Lipinski definition) is 7. The Morgan fingerprint density at radius 3 is 3.03 bits per heavy atom. The monoisotopic (exact) mass is 397 g/mol. The number of aromatic nitrogens is 5. The highest BCUT2D eigenvalue weighted by atomic mass is 19.1. The number of aryl methyl sites for hydroxylation is 1. The van der Waals surface area contributed by atoms with Gasteiger partial charge in [-0.2, -0.15) is 0 Å². The Morgan fingerprint density at radius 2 is 2.24 bits per heavy atom. The van der Waals surface area contributed by atoms with E-state index < -0.39 is 17.3 Å². The van der Waals surface area contributed by atoms with E-state index in [2.05, 4.69) is 25.2 Å². The minimum Gasteiger partial charge on any atom is -0.337 e. The number of carbonyl (C=O) groups is 1. The van der Waals surface area contributed by atoms with Gasteiger partial charge in [0.05, 0.1) is 18.2 Å². The molecule has 0 saturated carbocycles. The number of halogens is 1. The maximum Gasteiger partial charge on any atom is 0.276 e. The molecule has 2 aliphatic heterocycles. The third-order valence-corrected chi connectivity index (χ3v) is 5.91. The average molecular weight is 397 g/mol. The van der Waals surface area contributed by atoms with Gasteiger partial charge < -0.3 is 9.47 Å². The van der Waals surface area contributed by atoms with Crippen LogP contribution >= 0.6 is 0 Å². The molecule has 1 unspecified atom stereocenters. The maximum atomic E-state index is 14.3. The van der Waals surface area contributed by atoms with Crippen LogP contribution in [0.25, 0.3) is 0 Å². The first-order chi connectivity index (χ1) is 14.1. The van der Waals surface area contributed by atoms with E-state index in [1.54, 1.807) is 17.4 Å². The van der Waals surface area contributed by atoms with Crippen LogP contribution in [-0.2, 0) is 25.6 Å². The number of rotatable bonds is 3. The molecule has 1 amide bonds. The first-order valence-electron chi connectivity index (χ1n) is 9.50. The first kappa shape index (κ1) is 17.9. The maximum absolute atomic E-state index is 14.3. The van der Waals surface area contributed by atoms with Crippen LogP contribution in [0.5, 0.6) is 0 Å². The third-order valence-electron chi connectivity index (χ3n) is 5.91. The smallest absolute Gasteiger partial charge is 0.276 e. The fraction of sp³-hybridized carbons (Fsp3) is 0.421. The summed E-state index contributed by atoms with van der Waals surface area (Å²) in [4.78, 5) is 26.0. The van der Waals surface area contributed by atoms with Crippen LogP contribution in [0.2, 0.25) is 0 Å². The van der Waals surface area contributed by atoms with Crippen LogP contribution in [0.1, 0.15) is 34.0 Å². The molecule has 3 aromatic rings. The van der Waals surface area contributed by atoms with Gasteiger partial charge in [-0.15, -0.1) is 0 Å². The molecule has 1 atom stereocenters. The lowest BCUT2D eigenvalue weighted by atomic mass is 9.85. The number of pyridine rings is 1. The third kappa shape index (κ3) is 2.82. The summed E-state index contributed by atoms with van der Waals surface area (Å²) in [6, 6.07) is 2.75. The molecule has 0 aromatic carbocycles. The van der Waals surface area contributed by atoms with Crippen molar-refractivity contribution in [3.63, 3.8) is 0 Å². The second-order valence-corrected chi connectivity index (χ2v) is 7.58. The van der Waals surface area contributed by atoms with E-state index in [1.165, 1.54) is 18.3 Å². The SMILES string of the molecule is Cn1cnc2c1CCN(C(=O)c1ncccc1F)C21CCN(Cc2cnon2)C1. The Bertz CT molecular complexity index is 1050. The van der Waals surface area contributed by atoms with Crippen molar-refractivity contribution in [2.75, 3.05) is 19.6 Å². The minimum absolute atomic E-state index is 0.148. The second kappa shape index (κ2) is 6.73. The largest absolute Gasteiger partial charge is 0.337 e. The Labute approximate surface area is 166 Å². The highest BCUT2D eigenvalue weighted by molar-refractivity contribution is 5.93. The van der Waals surface area contributed by atoms with Gasteiger partial charge in [0.1, 0.15) is 11.2 Å². The van der Waals surface area contributed by atoms with Gasteiger partial charge in [0.15, 0.2) is 11.5 Å². The molecule has 9 nitrogen and oxygen atoms in total. The lowest BCUT2D eigenvalue weighted by molar-refractivity contribution is 0.0406. The van der Waals surface area contributed by atoms with Crippen LogP contribution in [0.15, 0.2) is 35.5 Å². The zero-order valence-electron chi connectivity index (χ0n) is 16.0. The van der Waals surface area contributed by atoms with Gasteiger partial charge in [-0.1, -0.05) is 10.3 Å². The Hall–Kier alpha value is -3.14. The van der Waals surface area contributed by atoms with E-state index in [9.17, 15) is 9.18 Å².